The summed E-state index contributed by atoms with van der Waals surface area (Å²) < 4.78 is 22.4. The Morgan fingerprint density at radius 2 is 1.75 bits per heavy atom. The van der Waals surface area contributed by atoms with Crippen LogP contribution in [0.2, 0.25) is 0 Å². The normalized spacial score (nSPS) is 18.3. The summed E-state index contributed by atoms with van der Waals surface area (Å²) in [5.74, 6) is -2.66. The summed E-state index contributed by atoms with van der Waals surface area (Å²) in [4.78, 5) is 45.2. The summed E-state index contributed by atoms with van der Waals surface area (Å²) in [6, 6.07) is 27.0. The lowest BCUT2D eigenvalue weighted by Crippen LogP contribution is -2.46. The maximum atomic E-state index is 14.5. The van der Waals surface area contributed by atoms with Gasteiger partial charge in [-0.1, -0.05) is 60.7 Å². The Morgan fingerprint density at radius 3 is 2.58 bits per heavy atom. The fraction of sp³-hybridized carbons (Fsp3) is 0.263. The van der Waals surface area contributed by atoms with E-state index >= 15 is 0 Å². The van der Waals surface area contributed by atoms with Crippen LogP contribution in [0.1, 0.15) is 42.7 Å². The number of esters is 1. The van der Waals surface area contributed by atoms with Crippen molar-refractivity contribution in [2.45, 2.75) is 38.3 Å². The predicted octanol–water partition coefficient (Wildman–Crippen LogP) is 6.58. The van der Waals surface area contributed by atoms with E-state index in [4.69, 9.17) is 18.6 Å². The maximum Gasteiger partial charge on any atom is 0.310 e. The molecule has 0 spiro atoms. The lowest BCUT2D eigenvalue weighted by molar-refractivity contribution is -0.148. The molecule has 4 aromatic carbocycles. The molecule has 0 radical (unpaired) electrons. The molecule has 10 heteroatoms. The zero-order chi connectivity index (χ0) is 33.2. The van der Waals surface area contributed by atoms with Crippen LogP contribution in [-0.4, -0.2) is 52.3 Å². The number of cyclic esters (lactones) is 1. The first-order chi connectivity index (χ1) is 23.3. The van der Waals surface area contributed by atoms with Gasteiger partial charge in [-0.15, -0.1) is 0 Å². The van der Waals surface area contributed by atoms with Crippen LogP contribution in [0.15, 0.2) is 95.4 Å². The van der Waals surface area contributed by atoms with Gasteiger partial charge >= 0.3 is 11.9 Å². The monoisotopic (exact) mass is 646 g/mol. The average Bonchev–Trinajstić information content (AvgIpc) is 3.83. The second kappa shape index (κ2) is 13.2. The van der Waals surface area contributed by atoms with Crippen LogP contribution in [0.3, 0.4) is 0 Å². The topological polar surface area (TPSA) is 128 Å². The van der Waals surface area contributed by atoms with Gasteiger partial charge in [0.2, 0.25) is 18.6 Å². The molecule has 0 saturated carbocycles. The third-order valence-electron chi connectivity index (χ3n) is 9.21. The van der Waals surface area contributed by atoms with Gasteiger partial charge < -0.3 is 28.6 Å². The van der Waals surface area contributed by atoms with Crippen molar-refractivity contribution in [3.8, 4) is 11.5 Å². The lowest BCUT2D eigenvalue weighted by Gasteiger charge is -2.37. The molecule has 2 aliphatic heterocycles. The third kappa shape index (κ3) is 6.33. The average molecular weight is 647 g/mol. The molecule has 1 N–H and O–H groups in total. The van der Waals surface area contributed by atoms with E-state index < -0.39 is 36.2 Å². The molecule has 4 atom stereocenters. The Morgan fingerprint density at radius 1 is 0.958 bits per heavy atom. The molecule has 1 amide bonds. The second-order valence-corrected chi connectivity index (χ2v) is 12.2. The number of carbonyl (C=O) groups is 3. The smallest absolute Gasteiger partial charge is 0.310 e. The van der Waals surface area contributed by atoms with Gasteiger partial charge in [0.15, 0.2) is 17.1 Å². The number of nitrogens with zero attached hydrogens (tertiary/aromatic N) is 2. The summed E-state index contributed by atoms with van der Waals surface area (Å²) in [7, 11) is 0. The molecule has 1 fully saturated rings. The number of fused-ring (bicyclic) bond motifs is 3. The van der Waals surface area contributed by atoms with Crippen LogP contribution in [0.25, 0.3) is 27.9 Å². The lowest BCUT2D eigenvalue weighted by atomic mass is 9.85. The number of amides is 1. The van der Waals surface area contributed by atoms with Crippen LogP contribution in [-0.2, 0) is 25.7 Å². The van der Waals surface area contributed by atoms with Gasteiger partial charge in [-0.25, -0.2) is 4.98 Å². The fourth-order valence-corrected chi connectivity index (χ4v) is 6.64. The molecular formula is C38H34N2O8. The number of allylic oxidation sites excluding steroid dienone is 1. The number of hydrogen-bond acceptors (Lipinski definition) is 8. The minimum Gasteiger partial charge on any atom is -0.481 e. The van der Waals surface area contributed by atoms with Crippen molar-refractivity contribution in [2.75, 3.05) is 13.4 Å². The first-order valence-electron chi connectivity index (χ1n) is 15.9. The van der Waals surface area contributed by atoms with E-state index in [1.54, 1.807) is 4.90 Å². The molecule has 3 heterocycles. The molecule has 1 aromatic heterocycles. The van der Waals surface area contributed by atoms with Crippen LogP contribution in [0.5, 0.6) is 11.5 Å². The number of aromatic nitrogens is 1. The van der Waals surface area contributed by atoms with Crippen molar-refractivity contribution >= 4 is 45.8 Å². The zero-order valence-corrected chi connectivity index (χ0v) is 26.3. The van der Waals surface area contributed by atoms with Crippen LogP contribution in [0, 0.1) is 11.8 Å². The quantitative estimate of drug-likeness (QED) is 0.158. The first kappa shape index (κ1) is 31.0. The highest BCUT2D eigenvalue weighted by atomic mass is 16.7. The van der Waals surface area contributed by atoms with Crippen molar-refractivity contribution < 1.29 is 38.1 Å². The molecule has 0 bridgehead atoms. The van der Waals surface area contributed by atoms with Crippen LogP contribution < -0.4 is 9.47 Å². The van der Waals surface area contributed by atoms with E-state index in [1.165, 1.54) is 0 Å². The number of oxazole rings is 1. The SMILES string of the molecule is CC(C(C/C=C/c1nc2ccccc2o1)c1ccc2c(c1)OCO2)N(Cc1ccc2ccccc2c1)C(=O)C1COC(=O)C1CC(=O)O. The van der Waals surface area contributed by atoms with Gasteiger partial charge in [0.05, 0.1) is 18.3 Å². The largest absolute Gasteiger partial charge is 0.481 e. The number of hydrogen-bond donors (Lipinski definition) is 1. The number of rotatable bonds is 11. The van der Waals surface area contributed by atoms with E-state index in [1.807, 2.05) is 97.9 Å². The zero-order valence-electron chi connectivity index (χ0n) is 26.3. The van der Waals surface area contributed by atoms with Crippen molar-refractivity contribution in [3.63, 3.8) is 0 Å². The highest BCUT2D eigenvalue weighted by Crippen LogP contribution is 2.39. The summed E-state index contributed by atoms with van der Waals surface area (Å²) in [5.41, 5.74) is 3.27. The number of benzene rings is 4. The van der Waals surface area contributed by atoms with Crippen molar-refractivity contribution in [2.24, 2.45) is 11.8 Å². The molecule has 244 valence electrons. The van der Waals surface area contributed by atoms with E-state index in [9.17, 15) is 19.5 Å². The Kier molecular flexibility index (Phi) is 8.54. The maximum absolute atomic E-state index is 14.5. The Bertz CT molecular complexity index is 2000. The number of carboxylic acids is 1. The highest BCUT2D eigenvalue weighted by molar-refractivity contribution is 5.90. The molecule has 0 aliphatic carbocycles. The highest BCUT2D eigenvalue weighted by Gasteiger charge is 2.45. The minimum absolute atomic E-state index is 0.129. The van der Waals surface area contributed by atoms with Gasteiger partial charge in [-0.3, -0.25) is 14.4 Å². The molecule has 2 aliphatic rings. The molecular weight excluding hydrogens is 612 g/mol. The molecule has 10 nitrogen and oxygen atoms in total. The Labute approximate surface area is 276 Å². The Balaban J connectivity index is 1.25. The molecule has 7 rings (SSSR count). The van der Waals surface area contributed by atoms with Gasteiger partial charge in [0.25, 0.3) is 0 Å². The molecule has 5 aromatic rings. The summed E-state index contributed by atoms with van der Waals surface area (Å²) in [6.07, 6.45) is 3.82. The number of aliphatic carboxylic acids is 1. The van der Waals surface area contributed by atoms with E-state index in [0.717, 1.165) is 27.4 Å². The number of carboxylic acid groups (broad SMARTS) is 1. The number of carbonyl (C=O) groups excluding carboxylic acids is 2. The first-order valence-corrected chi connectivity index (χ1v) is 15.9. The van der Waals surface area contributed by atoms with E-state index in [-0.39, 0.29) is 31.8 Å². The second-order valence-electron chi connectivity index (χ2n) is 12.2. The fourth-order valence-electron chi connectivity index (χ4n) is 6.64. The van der Waals surface area contributed by atoms with Crippen molar-refractivity contribution in [3.05, 3.63) is 108 Å². The Hall–Kier alpha value is -5.64. The molecule has 4 unspecified atom stereocenters. The van der Waals surface area contributed by atoms with Gasteiger partial charge in [0.1, 0.15) is 12.1 Å². The van der Waals surface area contributed by atoms with Crippen molar-refractivity contribution in [1.82, 2.24) is 9.88 Å². The van der Waals surface area contributed by atoms with Gasteiger partial charge in [-0.2, -0.15) is 0 Å². The van der Waals surface area contributed by atoms with E-state index in [0.29, 0.717) is 29.4 Å². The molecule has 1 saturated heterocycles. The summed E-state index contributed by atoms with van der Waals surface area (Å²) in [6.45, 7) is 2.18. The number of ether oxygens (including phenoxy) is 3. The van der Waals surface area contributed by atoms with Crippen LogP contribution >= 0.6 is 0 Å². The van der Waals surface area contributed by atoms with Crippen LogP contribution in [0.4, 0.5) is 0 Å². The van der Waals surface area contributed by atoms with Crippen molar-refractivity contribution in [1.29, 1.82) is 0 Å². The summed E-state index contributed by atoms with van der Waals surface area (Å²) in [5, 5.41) is 11.7. The van der Waals surface area contributed by atoms with Gasteiger partial charge in [-0.05, 0) is 71.7 Å². The number of para-hydroxylation sites is 2. The predicted molar refractivity (Wildman–Crippen MR) is 177 cm³/mol. The molecule has 48 heavy (non-hydrogen) atoms. The third-order valence-corrected chi connectivity index (χ3v) is 9.21. The van der Waals surface area contributed by atoms with E-state index in [2.05, 4.69) is 11.1 Å². The standard InChI is InChI=1S/C38H34N2O8/c1-23(28(27-15-16-33-34(18-27)47-22-46-33)9-6-12-35-39-31-10-4-5-11-32(31)48-35)40(20-24-13-14-25-7-2-3-8-26(25)17-24)37(43)30-21-45-38(44)29(30)19-36(41)42/h2-8,10-18,23,28-30H,9,19-22H2,1H3,(H,41,42)/b12-6+. The minimum atomic E-state index is -1.16. The summed E-state index contributed by atoms with van der Waals surface area (Å²) >= 11 is 0. The van der Waals surface area contributed by atoms with Gasteiger partial charge in [0, 0.05) is 18.5 Å².